The van der Waals surface area contributed by atoms with Gasteiger partial charge >= 0.3 is 5.91 Å². The average molecular weight is 664 g/mol. The fourth-order valence-corrected chi connectivity index (χ4v) is 6.93. The molecule has 2 heterocycles. The summed E-state index contributed by atoms with van der Waals surface area (Å²) in [4.78, 5) is 28.7. The molecule has 1 aromatic heterocycles. The number of nitrogens with zero attached hydrogens (tertiary/aromatic N) is 3. The van der Waals surface area contributed by atoms with Crippen LogP contribution in [0.3, 0.4) is 0 Å². The molecule has 238 valence electrons. The van der Waals surface area contributed by atoms with E-state index < -0.39 is 17.7 Å². The van der Waals surface area contributed by atoms with Crippen molar-refractivity contribution in [2.24, 2.45) is 0 Å². The Morgan fingerprint density at radius 3 is 2.15 bits per heavy atom. The Hall–Kier alpha value is -4.93. The second-order valence-electron chi connectivity index (χ2n) is 10.9. The molecule has 4 aromatic carbocycles. The maximum atomic E-state index is 13.7. The van der Waals surface area contributed by atoms with Crippen molar-refractivity contribution in [2.45, 2.75) is 42.5 Å². The molecule has 0 spiro atoms. The average Bonchev–Trinajstić information content (AvgIpc) is 3.69. The number of Topliss-reactive ketones (excluding diaryl/α,β-unsaturated/α-hetero) is 1. The van der Waals surface area contributed by atoms with Gasteiger partial charge in [-0.2, -0.15) is 0 Å². The number of ketones is 1. The van der Waals surface area contributed by atoms with Crippen LogP contribution in [0.2, 0.25) is 0 Å². The molecule has 1 N–H and O–H groups in total. The number of ether oxygens (including phenoxy) is 2. The Morgan fingerprint density at radius 1 is 0.830 bits per heavy atom. The summed E-state index contributed by atoms with van der Waals surface area (Å²) in [7, 11) is 0. The second-order valence-corrected chi connectivity index (χ2v) is 13.0. The van der Waals surface area contributed by atoms with E-state index in [9.17, 15) is 14.7 Å². The number of rotatable bonds is 13. The van der Waals surface area contributed by atoms with Gasteiger partial charge in [0.25, 0.3) is 5.78 Å². The molecule has 47 heavy (non-hydrogen) atoms. The number of aliphatic hydroxyl groups is 1. The second kappa shape index (κ2) is 15.1. The van der Waals surface area contributed by atoms with Crippen LogP contribution in [0.5, 0.6) is 11.5 Å². The van der Waals surface area contributed by atoms with Gasteiger partial charge in [-0.05, 0) is 59.5 Å². The monoisotopic (exact) mass is 663 g/mol. The van der Waals surface area contributed by atoms with Crippen molar-refractivity contribution >= 4 is 45.7 Å². The maximum absolute atomic E-state index is 13.7. The van der Waals surface area contributed by atoms with E-state index in [2.05, 4.69) is 17.1 Å². The Morgan fingerprint density at radius 2 is 1.47 bits per heavy atom. The molecule has 10 heteroatoms. The zero-order valence-electron chi connectivity index (χ0n) is 25.7. The number of hydrogen-bond donors (Lipinski definition) is 1. The minimum Gasteiger partial charge on any atom is -0.507 e. The van der Waals surface area contributed by atoms with Gasteiger partial charge in [0.1, 0.15) is 23.9 Å². The molecular weight excluding hydrogens is 631 g/mol. The van der Waals surface area contributed by atoms with E-state index in [1.807, 2.05) is 60.7 Å². The Kier molecular flexibility index (Phi) is 10.3. The number of amides is 1. The van der Waals surface area contributed by atoms with Crippen LogP contribution in [0.15, 0.2) is 119 Å². The quantitative estimate of drug-likeness (QED) is 0.0336. The molecule has 1 atom stereocenters. The number of benzene rings is 4. The third-order valence-corrected chi connectivity index (χ3v) is 9.72. The van der Waals surface area contributed by atoms with Crippen LogP contribution in [0, 0.1) is 0 Å². The topological polar surface area (TPSA) is 102 Å². The van der Waals surface area contributed by atoms with Crippen LogP contribution < -0.4 is 14.4 Å². The number of anilines is 1. The number of aromatic nitrogens is 2. The summed E-state index contributed by atoms with van der Waals surface area (Å²) < 4.78 is 12.4. The largest absolute Gasteiger partial charge is 0.507 e. The molecule has 6 rings (SSSR count). The molecule has 1 aliphatic rings. The van der Waals surface area contributed by atoms with Crippen LogP contribution in [0.4, 0.5) is 5.13 Å². The first-order chi connectivity index (χ1) is 23.0. The number of thioether (sulfide) groups is 1. The first-order valence-corrected chi connectivity index (χ1v) is 17.1. The lowest BCUT2D eigenvalue weighted by atomic mass is 9.95. The Balaban J connectivity index is 1.32. The Labute approximate surface area is 281 Å². The number of carbonyl (C=O) groups excluding carboxylic acids is 2. The van der Waals surface area contributed by atoms with Crippen molar-refractivity contribution in [3.63, 3.8) is 0 Å². The van der Waals surface area contributed by atoms with Gasteiger partial charge in [0.05, 0.1) is 18.2 Å². The number of unbranched alkanes of at least 4 members (excludes halogenated alkanes) is 1. The highest BCUT2D eigenvalue weighted by atomic mass is 32.2. The van der Waals surface area contributed by atoms with Crippen LogP contribution >= 0.6 is 23.1 Å². The molecule has 1 fully saturated rings. The van der Waals surface area contributed by atoms with E-state index >= 15 is 0 Å². The zero-order valence-corrected chi connectivity index (χ0v) is 27.4. The molecule has 0 aliphatic carbocycles. The van der Waals surface area contributed by atoms with Crippen LogP contribution in [0.1, 0.15) is 48.1 Å². The highest BCUT2D eigenvalue weighted by molar-refractivity contribution is 8.00. The maximum Gasteiger partial charge on any atom is 0.301 e. The van der Waals surface area contributed by atoms with E-state index in [0.29, 0.717) is 45.9 Å². The van der Waals surface area contributed by atoms with Gasteiger partial charge in [0, 0.05) is 11.3 Å². The molecule has 0 radical (unpaired) electrons. The summed E-state index contributed by atoms with van der Waals surface area (Å²) in [6.07, 6.45) is 1.94. The first kappa shape index (κ1) is 32.0. The fraction of sp³-hybridized carbons (Fsp3) is 0.189. The SMILES string of the molecule is CCCCOc1ccc(C(O)=C2C(=O)C(=O)N(c3nnc(SCc4ccccc4)s3)[C@@H]2c2ccc(OCc3ccccc3)cc2)cc1. The van der Waals surface area contributed by atoms with E-state index in [4.69, 9.17) is 9.47 Å². The smallest absolute Gasteiger partial charge is 0.301 e. The Bertz CT molecular complexity index is 1840. The van der Waals surface area contributed by atoms with E-state index in [0.717, 1.165) is 24.0 Å². The summed E-state index contributed by atoms with van der Waals surface area (Å²) in [6.45, 7) is 3.07. The fourth-order valence-electron chi connectivity index (χ4n) is 5.11. The van der Waals surface area contributed by atoms with Crippen molar-refractivity contribution < 1.29 is 24.2 Å². The van der Waals surface area contributed by atoms with Crippen LogP contribution in [-0.4, -0.2) is 33.6 Å². The number of hydrogen-bond acceptors (Lipinski definition) is 9. The lowest BCUT2D eigenvalue weighted by molar-refractivity contribution is -0.132. The predicted octanol–water partition coefficient (Wildman–Crippen LogP) is 8.21. The van der Waals surface area contributed by atoms with Crippen LogP contribution in [0.25, 0.3) is 5.76 Å². The highest BCUT2D eigenvalue weighted by Crippen LogP contribution is 2.44. The molecule has 0 bridgehead atoms. The molecule has 0 unspecified atom stereocenters. The normalized spacial score (nSPS) is 15.6. The summed E-state index contributed by atoms with van der Waals surface area (Å²) in [5, 5.41) is 20.5. The van der Waals surface area contributed by atoms with Gasteiger partial charge in [-0.25, -0.2) is 0 Å². The predicted molar refractivity (Wildman–Crippen MR) is 185 cm³/mol. The van der Waals surface area contributed by atoms with Gasteiger partial charge in [-0.3, -0.25) is 14.5 Å². The molecule has 1 aliphatic heterocycles. The van der Waals surface area contributed by atoms with Gasteiger partial charge < -0.3 is 14.6 Å². The lowest BCUT2D eigenvalue weighted by Crippen LogP contribution is -2.29. The summed E-state index contributed by atoms with van der Waals surface area (Å²) in [5.41, 5.74) is 3.15. The third-order valence-electron chi connectivity index (χ3n) is 7.59. The molecule has 8 nitrogen and oxygen atoms in total. The minimum absolute atomic E-state index is 0.0266. The summed E-state index contributed by atoms with van der Waals surface area (Å²) in [6, 6.07) is 32.9. The minimum atomic E-state index is -0.932. The van der Waals surface area contributed by atoms with Gasteiger partial charge in [-0.1, -0.05) is 109 Å². The molecule has 1 saturated heterocycles. The molecule has 1 amide bonds. The van der Waals surface area contributed by atoms with Crippen molar-refractivity contribution in [1.29, 1.82) is 0 Å². The molecular formula is C37H33N3O5S2. The summed E-state index contributed by atoms with van der Waals surface area (Å²) >= 11 is 2.73. The van der Waals surface area contributed by atoms with Crippen molar-refractivity contribution in [3.05, 3.63) is 137 Å². The highest BCUT2D eigenvalue weighted by Gasteiger charge is 2.48. The molecule has 0 saturated carbocycles. The van der Waals surface area contributed by atoms with Gasteiger partial charge in [-0.15, -0.1) is 10.2 Å². The summed E-state index contributed by atoms with van der Waals surface area (Å²) in [5.74, 6) is 0.116. The van der Waals surface area contributed by atoms with E-state index in [1.165, 1.54) is 28.0 Å². The number of aliphatic hydroxyl groups excluding tert-OH is 1. The molecule has 5 aromatic rings. The van der Waals surface area contributed by atoms with E-state index in [1.54, 1.807) is 48.5 Å². The van der Waals surface area contributed by atoms with Gasteiger partial charge in [0.15, 0.2) is 4.34 Å². The lowest BCUT2D eigenvalue weighted by Gasteiger charge is -2.22. The first-order valence-electron chi connectivity index (χ1n) is 15.3. The third kappa shape index (κ3) is 7.56. The number of carbonyl (C=O) groups is 2. The standard InChI is InChI=1S/C37H33N3O5S2/c1-2-3-22-44-29-20-16-28(17-21-29)33(41)31-32(27-14-18-30(19-15-27)45-23-25-10-6-4-7-11-25)40(35(43)34(31)42)36-38-39-37(47-36)46-24-26-12-8-5-9-13-26/h4-21,32,41H,2-3,22-24H2,1H3/t32-/m1/s1. The van der Waals surface area contributed by atoms with Crippen molar-refractivity contribution in [3.8, 4) is 11.5 Å². The van der Waals surface area contributed by atoms with Crippen LogP contribution in [-0.2, 0) is 21.9 Å². The van der Waals surface area contributed by atoms with E-state index in [-0.39, 0.29) is 16.5 Å². The zero-order chi connectivity index (χ0) is 32.6. The van der Waals surface area contributed by atoms with Gasteiger partial charge in [0.2, 0.25) is 5.13 Å². The van der Waals surface area contributed by atoms with Crippen molar-refractivity contribution in [2.75, 3.05) is 11.5 Å². The van der Waals surface area contributed by atoms with Crippen molar-refractivity contribution in [1.82, 2.24) is 10.2 Å².